The van der Waals surface area contributed by atoms with Gasteiger partial charge in [0, 0.05) is 13.1 Å². The maximum atomic E-state index is 11.3. The number of anilines is 2. The van der Waals surface area contributed by atoms with Crippen molar-refractivity contribution < 1.29 is 14.3 Å². The Bertz CT molecular complexity index is 532. The fraction of sp³-hybridized carbons (Fsp3) is 0.385. The third-order valence-corrected chi connectivity index (χ3v) is 3.38. The lowest BCUT2D eigenvalue weighted by Crippen LogP contribution is -2.37. The molecule has 2 amide bonds. The molecule has 108 valence electrons. The van der Waals surface area contributed by atoms with Crippen molar-refractivity contribution in [1.29, 1.82) is 0 Å². The second kappa shape index (κ2) is 5.68. The molecular formula is C13H18N4O3. The van der Waals surface area contributed by atoms with E-state index in [4.69, 9.17) is 11.5 Å². The zero-order valence-electron chi connectivity index (χ0n) is 11.3. The molecule has 2 rings (SSSR count). The molecule has 1 unspecified atom stereocenters. The van der Waals surface area contributed by atoms with E-state index in [2.05, 4.69) is 10.1 Å². The lowest BCUT2D eigenvalue weighted by molar-refractivity contribution is 0.100. The number of nitrogens with one attached hydrogen (secondary N) is 1. The number of methoxy groups -OCH3 is 1. The zero-order chi connectivity index (χ0) is 14.7. The number of rotatable bonds is 3. The number of nitrogens with zero attached hydrogens (tertiary/aromatic N) is 1. The van der Waals surface area contributed by atoms with E-state index in [-0.39, 0.29) is 6.04 Å². The fourth-order valence-electron chi connectivity index (χ4n) is 2.37. The predicted octanol–water partition coefficient (Wildman–Crippen LogP) is 0.302. The molecule has 1 aliphatic rings. The molecule has 0 aromatic heterocycles. The van der Waals surface area contributed by atoms with Gasteiger partial charge >= 0.3 is 6.09 Å². The largest absolute Gasteiger partial charge is 0.453 e. The van der Waals surface area contributed by atoms with E-state index in [0.29, 0.717) is 17.8 Å². The summed E-state index contributed by atoms with van der Waals surface area (Å²) < 4.78 is 4.57. The van der Waals surface area contributed by atoms with Gasteiger partial charge in [0.1, 0.15) is 0 Å². The number of carbonyl (C=O) groups excluding carboxylic acids is 2. The summed E-state index contributed by atoms with van der Waals surface area (Å²) in [5, 5.41) is 2.75. The van der Waals surface area contributed by atoms with Crippen LogP contribution in [0.2, 0.25) is 0 Å². The van der Waals surface area contributed by atoms with Crippen LogP contribution in [-0.2, 0) is 4.74 Å². The van der Waals surface area contributed by atoms with Gasteiger partial charge in [-0.15, -0.1) is 0 Å². The molecule has 7 heteroatoms. The topological polar surface area (TPSA) is 111 Å². The van der Waals surface area contributed by atoms with Crippen molar-refractivity contribution in [3.63, 3.8) is 0 Å². The number of benzene rings is 1. The lowest BCUT2D eigenvalue weighted by atomic mass is 10.1. The maximum Gasteiger partial charge on any atom is 0.407 e. The average Bonchev–Trinajstić information content (AvgIpc) is 2.86. The maximum absolute atomic E-state index is 11.3. The quantitative estimate of drug-likeness (QED) is 0.689. The van der Waals surface area contributed by atoms with Crippen LogP contribution in [0.4, 0.5) is 16.2 Å². The van der Waals surface area contributed by atoms with Crippen molar-refractivity contribution in [2.45, 2.75) is 12.5 Å². The molecule has 1 heterocycles. The standard InChI is InChI=1S/C13H18N4O3/c1-20-13(19)16-8-5-6-17(7-8)10-4-2-3-9(11(10)14)12(15)18/h2-4,8H,5-7,14H2,1H3,(H2,15,18)(H,16,19). The molecule has 0 bridgehead atoms. The van der Waals surface area contributed by atoms with Crippen molar-refractivity contribution in [3.8, 4) is 0 Å². The minimum absolute atomic E-state index is 0.000848. The summed E-state index contributed by atoms with van der Waals surface area (Å²) in [4.78, 5) is 24.5. The number of hydrogen-bond donors (Lipinski definition) is 3. The summed E-state index contributed by atoms with van der Waals surface area (Å²) in [5.74, 6) is -0.548. The summed E-state index contributed by atoms with van der Waals surface area (Å²) in [7, 11) is 1.33. The van der Waals surface area contributed by atoms with Gasteiger partial charge in [0.15, 0.2) is 0 Å². The highest BCUT2D eigenvalue weighted by Crippen LogP contribution is 2.29. The van der Waals surface area contributed by atoms with Gasteiger partial charge in [-0.3, -0.25) is 4.79 Å². The first kappa shape index (κ1) is 14.0. The number of para-hydroxylation sites is 1. The SMILES string of the molecule is COC(=O)NC1CCN(c2cccc(C(N)=O)c2N)C1. The highest BCUT2D eigenvalue weighted by atomic mass is 16.5. The number of ether oxygens (including phenoxy) is 1. The Morgan fingerprint density at radius 1 is 1.45 bits per heavy atom. The second-order valence-corrected chi connectivity index (χ2v) is 4.67. The van der Waals surface area contributed by atoms with Gasteiger partial charge < -0.3 is 26.4 Å². The van der Waals surface area contributed by atoms with Crippen molar-refractivity contribution in [3.05, 3.63) is 23.8 Å². The van der Waals surface area contributed by atoms with Gasteiger partial charge in [0.05, 0.1) is 30.1 Å². The smallest absolute Gasteiger partial charge is 0.407 e. The number of nitrogen functional groups attached to an aromatic ring is 1. The summed E-state index contributed by atoms with van der Waals surface area (Å²) in [5.41, 5.74) is 12.7. The molecule has 1 atom stereocenters. The summed E-state index contributed by atoms with van der Waals surface area (Å²) in [6.45, 7) is 1.35. The highest BCUT2D eigenvalue weighted by Gasteiger charge is 2.26. The van der Waals surface area contributed by atoms with Gasteiger partial charge in [-0.05, 0) is 18.6 Å². The average molecular weight is 278 g/mol. The number of nitrogens with two attached hydrogens (primary N) is 2. The number of amides is 2. The highest BCUT2D eigenvalue weighted by molar-refractivity contribution is 6.00. The van der Waals surface area contributed by atoms with Gasteiger partial charge in [-0.2, -0.15) is 0 Å². The van der Waals surface area contributed by atoms with Crippen LogP contribution in [0.3, 0.4) is 0 Å². The number of primary amides is 1. The Morgan fingerprint density at radius 3 is 2.85 bits per heavy atom. The Hall–Kier alpha value is -2.44. The lowest BCUT2D eigenvalue weighted by Gasteiger charge is -2.21. The number of hydrogen-bond acceptors (Lipinski definition) is 5. The Kier molecular flexibility index (Phi) is 3.97. The Balaban J connectivity index is 2.12. The van der Waals surface area contributed by atoms with E-state index in [1.54, 1.807) is 12.1 Å². The van der Waals surface area contributed by atoms with Gasteiger partial charge in [-0.1, -0.05) is 6.07 Å². The molecule has 0 aliphatic carbocycles. The predicted molar refractivity (Wildman–Crippen MR) is 75.5 cm³/mol. The summed E-state index contributed by atoms with van der Waals surface area (Å²) >= 11 is 0. The molecule has 20 heavy (non-hydrogen) atoms. The van der Waals surface area contributed by atoms with Crippen LogP contribution in [0, 0.1) is 0 Å². The van der Waals surface area contributed by atoms with E-state index in [9.17, 15) is 9.59 Å². The van der Waals surface area contributed by atoms with Crippen LogP contribution in [-0.4, -0.2) is 38.2 Å². The van der Waals surface area contributed by atoms with Crippen LogP contribution in [0.1, 0.15) is 16.8 Å². The molecule has 0 spiro atoms. The first-order valence-electron chi connectivity index (χ1n) is 6.30. The van der Waals surface area contributed by atoms with E-state index >= 15 is 0 Å². The molecular weight excluding hydrogens is 260 g/mol. The zero-order valence-corrected chi connectivity index (χ0v) is 11.3. The summed E-state index contributed by atoms with van der Waals surface area (Å²) in [6.07, 6.45) is 0.339. The third-order valence-electron chi connectivity index (χ3n) is 3.38. The van der Waals surface area contributed by atoms with Crippen molar-refractivity contribution in [2.75, 3.05) is 30.8 Å². The molecule has 1 aromatic carbocycles. The van der Waals surface area contributed by atoms with E-state index in [1.165, 1.54) is 7.11 Å². The first-order valence-corrected chi connectivity index (χ1v) is 6.30. The fourth-order valence-corrected chi connectivity index (χ4v) is 2.37. The number of alkyl carbamates (subject to hydrolysis) is 1. The molecule has 7 nitrogen and oxygen atoms in total. The van der Waals surface area contributed by atoms with Crippen LogP contribution in [0.25, 0.3) is 0 Å². The normalized spacial score (nSPS) is 17.9. The van der Waals surface area contributed by atoms with E-state index in [1.807, 2.05) is 11.0 Å². The van der Waals surface area contributed by atoms with Crippen molar-refractivity contribution >= 4 is 23.4 Å². The van der Waals surface area contributed by atoms with Gasteiger partial charge in [-0.25, -0.2) is 4.79 Å². The molecule has 0 saturated carbocycles. The monoisotopic (exact) mass is 278 g/mol. The van der Waals surface area contributed by atoms with Crippen molar-refractivity contribution in [1.82, 2.24) is 5.32 Å². The van der Waals surface area contributed by atoms with Crippen LogP contribution in [0.5, 0.6) is 0 Å². The molecule has 1 aromatic rings. The molecule has 0 radical (unpaired) electrons. The molecule has 1 aliphatic heterocycles. The third kappa shape index (κ3) is 2.76. The first-order chi connectivity index (χ1) is 9.52. The van der Waals surface area contributed by atoms with Gasteiger partial charge in [0.25, 0.3) is 5.91 Å². The molecule has 1 fully saturated rings. The minimum Gasteiger partial charge on any atom is -0.453 e. The molecule has 5 N–H and O–H groups in total. The van der Waals surface area contributed by atoms with E-state index < -0.39 is 12.0 Å². The second-order valence-electron chi connectivity index (χ2n) is 4.67. The molecule has 1 saturated heterocycles. The van der Waals surface area contributed by atoms with Crippen LogP contribution in [0.15, 0.2) is 18.2 Å². The Morgan fingerprint density at radius 2 is 2.20 bits per heavy atom. The number of carbonyl (C=O) groups is 2. The van der Waals surface area contributed by atoms with Crippen LogP contribution < -0.4 is 21.7 Å². The minimum atomic E-state index is -0.548. The Labute approximate surface area is 116 Å². The van der Waals surface area contributed by atoms with E-state index in [0.717, 1.165) is 18.7 Å². The van der Waals surface area contributed by atoms with Gasteiger partial charge in [0.2, 0.25) is 0 Å². The summed E-state index contributed by atoms with van der Waals surface area (Å²) in [6, 6.07) is 5.18. The van der Waals surface area contributed by atoms with Crippen molar-refractivity contribution in [2.24, 2.45) is 5.73 Å². The van der Waals surface area contributed by atoms with Crippen LogP contribution >= 0.6 is 0 Å².